The first-order valence-corrected chi connectivity index (χ1v) is 6.21. The van der Waals surface area contributed by atoms with Crippen molar-refractivity contribution in [3.05, 3.63) is 54.6 Å². The molecule has 0 atom stereocenters. The van der Waals surface area contributed by atoms with Crippen molar-refractivity contribution in [2.24, 2.45) is 0 Å². The third-order valence-corrected chi connectivity index (χ3v) is 2.93. The van der Waals surface area contributed by atoms with Gasteiger partial charge in [0, 0.05) is 23.5 Å². The number of benzene rings is 2. The van der Waals surface area contributed by atoms with Crippen LogP contribution in [-0.2, 0) is 0 Å². The monoisotopic (exact) mass is 254 g/mol. The molecular formula is C16H18N2O. The molecular weight excluding hydrogens is 236 g/mol. The Morgan fingerprint density at radius 2 is 1.89 bits per heavy atom. The molecule has 2 aromatic carbocycles. The Balaban J connectivity index is 2.40. The number of rotatable bonds is 5. The SMILES string of the molecule is C=Cc1ccc(-c2cc(N)ccc2NCCO)cc1. The Bertz CT molecular complexity index is 561. The Kier molecular flexibility index (Phi) is 4.21. The molecule has 0 aliphatic heterocycles. The number of aliphatic hydroxyl groups is 1. The molecule has 0 heterocycles. The minimum Gasteiger partial charge on any atom is -0.399 e. The van der Waals surface area contributed by atoms with E-state index in [1.165, 1.54) is 0 Å². The molecule has 0 amide bonds. The Morgan fingerprint density at radius 3 is 2.53 bits per heavy atom. The van der Waals surface area contributed by atoms with Gasteiger partial charge < -0.3 is 16.2 Å². The second-order valence-corrected chi connectivity index (χ2v) is 4.28. The van der Waals surface area contributed by atoms with E-state index in [-0.39, 0.29) is 6.61 Å². The van der Waals surface area contributed by atoms with Gasteiger partial charge in [-0.2, -0.15) is 0 Å². The zero-order valence-corrected chi connectivity index (χ0v) is 10.8. The summed E-state index contributed by atoms with van der Waals surface area (Å²) in [6.07, 6.45) is 1.81. The lowest BCUT2D eigenvalue weighted by Gasteiger charge is -2.12. The summed E-state index contributed by atoms with van der Waals surface area (Å²) in [7, 11) is 0. The first kappa shape index (κ1) is 13.2. The first-order valence-electron chi connectivity index (χ1n) is 6.21. The molecule has 0 spiro atoms. The van der Waals surface area contributed by atoms with Gasteiger partial charge in [-0.15, -0.1) is 0 Å². The van der Waals surface area contributed by atoms with Crippen LogP contribution in [-0.4, -0.2) is 18.3 Å². The molecule has 3 nitrogen and oxygen atoms in total. The topological polar surface area (TPSA) is 58.3 Å². The highest BCUT2D eigenvalue weighted by atomic mass is 16.3. The van der Waals surface area contributed by atoms with Crippen LogP contribution in [0.2, 0.25) is 0 Å². The fourth-order valence-corrected chi connectivity index (χ4v) is 1.94. The fourth-order valence-electron chi connectivity index (χ4n) is 1.94. The van der Waals surface area contributed by atoms with E-state index in [1.54, 1.807) is 0 Å². The lowest BCUT2D eigenvalue weighted by molar-refractivity contribution is 0.311. The summed E-state index contributed by atoms with van der Waals surface area (Å²) in [5.41, 5.74) is 10.7. The smallest absolute Gasteiger partial charge is 0.0604 e. The van der Waals surface area contributed by atoms with E-state index in [9.17, 15) is 0 Å². The number of aliphatic hydroxyl groups excluding tert-OH is 1. The normalized spacial score (nSPS) is 10.2. The maximum absolute atomic E-state index is 8.91. The highest BCUT2D eigenvalue weighted by Gasteiger charge is 2.05. The van der Waals surface area contributed by atoms with Crippen molar-refractivity contribution >= 4 is 17.5 Å². The van der Waals surface area contributed by atoms with Gasteiger partial charge in [0.25, 0.3) is 0 Å². The van der Waals surface area contributed by atoms with Gasteiger partial charge in [-0.05, 0) is 29.3 Å². The van der Waals surface area contributed by atoms with Gasteiger partial charge in [-0.3, -0.25) is 0 Å². The number of nitrogens with two attached hydrogens (primary N) is 1. The molecule has 0 saturated heterocycles. The summed E-state index contributed by atoms with van der Waals surface area (Å²) in [6.45, 7) is 4.36. The number of nitrogens with one attached hydrogen (secondary N) is 1. The average Bonchev–Trinajstić information content (AvgIpc) is 2.46. The molecule has 98 valence electrons. The summed E-state index contributed by atoms with van der Waals surface area (Å²) >= 11 is 0. The van der Waals surface area contributed by atoms with Gasteiger partial charge in [0.05, 0.1) is 6.61 Å². The van der Waals surface area contributed by atoms with Crippen LogP contribution in [0, 0.1) is 0 Å². The number of anilines is 2. The van der Waals surface area contributed by atoms with Crippen LogP contribution in [0.1, 0.15) is 5.56 Å². The van der Waals surface area contributed by atoms with Crippen molar-refractivity contribution in [2.45, 2.75) is 0 Å². The number of nitrogen functional groups attached to an aromatic ring is 1. The van der Waals surface area contributed by atoms with Gasteiger partial charge >= 0.3 is 0 Å². The molecule has 2 rings (SSSR count). The third-order valence-electron chi connectivity index (χ3n) is 2.93. The Hall–Kier alpha value is -2.26. The van der Waals surface area contributed by atoms with E-state index in [2.05, 4.69) is 11.9 Å². The van der Waals surface area contributed by atoms with Crippen LogP contribution in [0.3, 0.4) is 0 Å². The lowest BCUT2D eigenvalue weighted by Crippen LogP contribution is -2.06. The highest BCUT2D eigenvalue weighted by Crippen LogP contribution is 2.30. The Labute approximate surface area is 113 Å². The quantitative estimate of drug-likeness (QED) is 0.719. The summed E-state index contributed by atoms with van der Waals surface area (Å²) in [6, 6.07) is 13.8. The molecule has 0 saturated carbocycles. The average molecular weight is 254 g/mol. The maximum Gasteiger partial charge on any atom is 0.0604 e. The van der Waals surface area contributed by atoms with Crippen molar-refractivity contribution in [3.63, 3.8) is 0 Å². The predicted molar refractivity (Wildman–Crippen MR) is 82.0 cm³/mol. The van der Waals surface area contributed by atoms with E-state index in [1.807, 2.05) is 48.5 Å². The molecule has 0 aliphatic rings. The molecule has 0 unspecified atom stereocenters. The molecule has 0 aliphatic carbocycles. The molecule has 2 aromatic rings. The van der Waals surface area contributed by atoms with E-state index in [0.29, 0.717) is 6.54 Å². The van der Waals surface area contributed by atoms with Gasteiger partial charge in [0.15, 0.2) is 0 Å². The lowest BCUT2D eigenvalue weighted by atomic mass is 10.0. The van der Waals surface area contributed by atoms with E-state index < -0.39 is 0 Å². The molecule has 19 heavy (non-hydrogen) atoms. The summed E-state index contributed by atoms with van der Waals surface area (Å²) in [5.74, 6) is 0. The van der Waals surface area contributed by atoms with Crippen LogP contribution in [0.15, 0.2) is 49.0 Å². The van der Waals surface area contributed by atoms with Crippen molar-refractivity contribution in [3.8, 4) is 11.1 Å². The highest BCUT2D eigenvalue weighted by molar-refractivity contribution is 5.81. The largest absolute Gasteiger partial charge is 0.399 e. The standard InChI is InChI=1S/C16H18N2O/c1-2-12-3-5-13(6-4-12)15-11-14(17)7-8-16(15)18-9-10-19/h2-8,11,18-19H,1,9-10,17H2. The van der Waals surface area contributed by atoms with Crippen LogP contribution in [0.4, 0.5) is 11.4 Å². The minimum atomic E-state index is 0.0964. The van der Waals surface area contributed by atoms with Gasteiger partial charge in [0.1, 0.15) is 0 Å². The minimum absolute atomic E-state index is 0.0964. The molecule has 4 N–H and O–H groups in total. The van der Waals surface area contributed by atoms with Gasteiger partial charge in [0.2, 0.25) is 0 Å². The van der Waals surface area contributed by atoms with E-state index in [0.717, 1.165) is 28.1 Å². The van der Waals surface area contributed by atoms with E-state index >= 15 is 0 Å². The fraction of sp³-hybridized carbons (Fsp3) is 0.125. The van der Waals surface area contributed by atoms with Crippen molar-refractivity contribution < 1.29 is 5.11 Å². The van der Waals surface area contributed by atoms with Crippen molar-refractivity contribution in [1.82, 2.24) is 0 Å². The zero-order valence-electron chi connectivity index (χ0n) is 10.8. The Morgan fingerprint density at radius 1 is 1.16 bits per heavy atom. The van der Waals surface area contributed by atoms with Gasteiger partial charge in [-0.1, -0.05) is 36.9 Å². The number of hydrogen-bond acceptors (Lipinski definition) is 3. The van der Waals surface area contributed by atoms with Crippen LogP contribution in [0.25, 0.3) is 17.2 Å². The molecule has 0 bridgehead atoms. The molecule has 0 fully saturated rings. The summed E-state index contributed by atoms with van der Waals surface area (Å²) < 4.78 is 0. The van der Waals surface area contributed by atoms with Crippen molar-refractivity contribution in [1.29, 1.82) is 0 Å². The van der Waals surface area contributed by atoms with E-state index in [4.69, 9.17) is 10.8 Å². The van der Waals surface area contributed by atoms with Crippen LogP contribution >= 0.6 is 0 Å². The van der Waals surface area contributed by atoms with Gasteiger partial charge in [-0.25, -0.2) is 0 Å². The van der Waals surface area contributed by atoms with Crippen LogP contribution in [0.5, 0.6) is 0 Å². The maximum atomic E-state index is 8.91. The second-order valence-electron chi connectivity index (χ2n) is 4.28. The third kappa shape index (κ3) is 3.14. The van der Waals surface area contributed by atoms with Crippen LogP contribution < -0.4 is 11.1 Å². The first-order chi connectivity index (χ1) is 9.24. The van der Waals surface area contributed by atoms with Crippen molar-refractivity contribution in [2.75, 3.05) is 24.2 Å². The molecule has 3 heteroatoms. The molecule has 0 radical (unpaired) electrons. The summed E-state index contributed by atoms with van der Waals surface area (Å²) in [5, 5.41) is 12.1. The predicted octanol–water partition coefficient (Wildman–Crippen LogP) is 2.98. The molecule has 0 aromatic heterocycles. The number of hydrogen-bond donors (Lipinski definition) is 3. The summed E-state index contributed by atoms with van der Waals surface area (Å²) in [4.78, 5) is 0. The second kappa shape index (κ2) is 6.07. The zero-order chi connectivity index (χ0) is 13.7.